The molecule has 1 atom stereocenters. The quantitative estimate of drug-likeness (QED) is 0.886. The SMILES string of the molecule is CCC1CCCCN1c1ccc(CNC(C)C)nn1. The van der Waals surface area contributed by atoms with Crippen LogP contribution in [0.15, 0.2) is 12.1 Å². The molecule has 19 heavy (non-hydrogen) atoms. The molecule has 0 aliphatic carbocycles. The van der Waals surface area contributed by atoms with Crippen LogP contribution in [0.1, 0.15) is 52.1 Å². The van der Waals surface area contributed by atoms with Crippen LogP contribution in [-0.4, -0.2) is 28.8 Å². The maximum atomic E-state index is 4.41. The molecule has 1 aliphatic rings. The Bertz CT molecular complexity index is 374. The van der Waals surface area contributed by atoms with Crippen molar-refractivity contribution in [2.75, 3.05) is 11.4 Å². The van der Waals surface area contributed by atoms with Gasteiger partial charge in [-0.3, -0.25) is 0 Å². The first-order valence-electron chi connectivity index (χ1n) is 7.53. The fraction of sp³-hybridized carbons (Fsp3) is 0.733. The van der Waals surface area contributed by atoms with Crippen molar-refractivity contribution < 1.29 is 0 Å². The Labute approximate surface area is 116 Å². The summed E-state index contributed by atoms with van der Waals surface area (Å²) in [4.78, 5) is 2.43. The Kier molecular flexibility index (Phi) is 5.14. The van der Waals surface area contributed by atoms with Crippen molar-refractivity contribution in [1.82, 2.24) is 15.5 Å². The van der Waals surface area contributed by atoms with Gasteiger partial charge in [0.1, 0.15) is 0 Å². The van der Waals surface area contributed by atoms with Gasteiger partial charge in [0.2, 0.25) is 0 Å². The molecule has 0 spiro atoms. The summed E-state index contributed by atoms with van der Waals surface area (Å²) in [5.74, 6) is 1.04. The molecule has 0 aromatic carbocycles. The second-order valence-corrected chi connectivity index (χ2v) is 5.67. The molecule has 4 nitrogen and oxygen atoms in total. The molecule has 106 valence electrons. The lowest BCUT2D eigenvalue weighted by molar-refractivity contribution is 0.445. The van der Waals surface area contributed by atoms with E-state index in [2.05, 4.69) is 53.3 Å². The number of rotatable bonds is 5. The lowest BCUT2D eigenvalue weighted by atomic mass is 10.0. The van der Waals surface area contributed by atoms with Gasteiger partial charge in [-0.1, -0.05) is 20.8 Å². The zero-order valence-corrected chi connectivity index (χ0v) is 12.4. The average molecular weight is 262 g/mol. The van der Waals surface area contributed by atoms with Gasteiger partial charge in [-0.15, -0.1) is 5.10 Å². The summed E-state index contributed by atoms with van der Waals surface area (Å²) >= 11 is 0. The van der Waals surface area contributed by atoms with E-state index in [4.69, 9.17) is 0 Å². The first kappa shape index (κ1) is 14.3. The van der Waals surface area contributed by atoms with E-state index in [-0.39, 0.29) is 0 Å². The lowest BCUT2D eigenvalue weighted by Crippen LogP contribution is -2.39. The third-order valence-corrected chi connectivity index (χ3v) is 3.79. The molecule has 1 saturated heterocycles. The van der Waals surface area contributed by atoms with E-state index in [0.717, 1.165) is 24.6 Å². The van der Waals surface area contributed by atoms with Crippen molar-refractivity contribution >= 4 is 5.82 Å². The van der Waals surface area contributed by atoms with Gasteiger partial charge in [0.05, 0.1) is 5.69 Å². The maximum Gasteiger partial charge on any atom is 0.151 e. The van der Waals surface area contributed by atoms with E-state index >= 15 is 0 Å². The standard InChI is InChI=1S/C15H26N4/c1-4-14-7-5-6-10-19(14)15-9-8-13(17-18-15)11-16-12(2)3/h8-9,12,14,16H,4-7,10-11H2,1-3H3. The zero-order chi connectivity index (χ0) is 13.7. The fourth-order valence-corrected chi connectivity index (χ4v) is 2.64. The largest absolute Gasteiger partial charge is 0.352 e. The van der Waals surface area contributed by atoms with Crippen LogP contribution in [0.25, 0.3) is 0 Å². The second kappa shape index (κ2) is 6.85. The molecule has 4 heteroatoms. The Morgan fingerprint density at radius 1 is 1.32 bits per heavy atom. The summed E-state index contributed by atoms with van der Waals surface area (Å²) < 4.78 is 0. The van der Waals surface area contributed by atoms with Crippen LogP contribution >= 0.6 is 0 Å². The number of aromatic nitrogens is 2. The topological polar surface area (TPSA) is 41.0 Å². The number of nitrogens with one attached hydrogen (secondary N) is 1. The van der Waals surface area contributed by atoms with Gasteiger partial charge in [0, 0.05) is 25.2 Å². The minimum Gasteiger partial charge on any atom is -0.352 e. The van der Waals surface area contributed by atoms with E-state index in [1.54, 1.807) is 0 Å². The molecule has 2 heterocycles. The smallest absolute Gasteiger partial charge is 0.151 e. The third-order valence-electron chi connectivity index (χ3n) is 3.79. The predicted octanol–water partition coefficient (Wildman–Crippen LogP) is 2.74. The van der Waals surface area contributed by atoms with Crippen molar-refractivity contribution in [1.29, 1.82) is 0 Å². The monoisotopic (exact) mass is 262 g/mol. The van der Waals surface area contributed by atoms with E-state index < -0.39 is 0 Å². The number of piperidine rings is 1. The van der Waals surface area contributed by atoms with Crippen LogP contribution in [-0.2, 0) is 6.54 Å². The van der Waals surface area contributed by atoms with E-state index in [9.17, 15) is 0 Å². The van der Waals surface area contributed by atoms with Gasteiger partial charge in [-0.25, -0.2) is 0 Å². The molecule has 1 N–H and O–H groups in total. The molecular weight excluding hydrogens is 236 g/mol. The highest BCUT2D eigenvalue weighted by Gasteiger charge is 2.22. The summed E-state index contributed by atoms with van der Waals surface area (Å²) in [7, 11) is 0. The number of hydrogen-bond acceptors (Lipinski definition) is 4. The average Bonchev–Trinajstić information content (AvgIpc) is 2.45. The molecule has 1 aromatic heterocycles. The molecule has 0 bridgehead atoms. The summed E-state index contributed by atoms with van der Waals surface area (Å²) in [5.41, 5.74) is 1.02. The maximum absolute atomic E-state index is 4.41. The molecule has 1 fully saturated rings. The van der Waals surface area contributed by atoms with Gasteiger partial charge >= 0.3 is 0 Å². The van der Waals surface area contributed by atoms with E-state index in [0.29, 0.717) is 12.1 Å². The zero-order valence-electron chi connectivity index (χ0n) is 12.4. The van der Waals surface area contributed by atoms with Crippen LogP contribution in [0.4, 0.5) is 5.82 Å². The molecule has 0 radical (unpaired) electrons. The van der Waals surface area contributed by atoms with Crippen molar-refractivity contribution in [3.8, 4) is 0 Å². The predicted molar refractivity (Wildman–Crippen MR) is 79.3 cm³/mol. The highest BCUT2D eigenvalue weighted by molar-refractivity contribution is 5.39. The van der Waals surface area contributed by atoms with Gasteiger partial charge in [-0.05, 0) is 37.8 Å². The normalized spacial score (nSPS) is 20.0. The van der Waals surface area contributed by atoms with E-state index in [1.165, 1.54) is 25.7 Å². The summed E-state index contributed by atoms with van der Waals surface area (Å²) in [6.07, 6.45) is 5.10. The Morgan fingerprint density at radius 2 is 2.16 bits per heavy atom. The Hall–Kier alpha value is -1.16. The minimum absolute atomic E-state index is 0.480. The third kappa shape index (κ3) is 3.90. The molecule has 1 unspecified atom stereocenters. The van der Waals surface area contributed by atoms with Crippen LogP contribution in [0.5, 0.6) is 0 Å². The van der Waals surface area contributed by atoms with Crippen LogP contribution < -0.4 is 10.2 Å². The molecule has 1 aliphatic heterocycles. The molecule has 2 rings (SSSR count). The first-order valence-corrected chi connectivity index (χ1v) is 7.53. The van der Waals surface area contributed by atoms with Gasteiger partial charge in [0.25, 0.3) is 0 Å². The summed E-state index contributed by atoms with van der Waals surface area (Å²) in [6, 6.07) is 5.34. The first-order chi connectivity index (χ1) is 9.20. The van der Waals surface area contributed by atoms with E-state index in [1.807, 2.05) is 0 Å². The number of hydrogen-bond donors (Lipinski definition) is 1. The summed E-state index contributed by atoms with van der Waals surface area (Å²) in [6.45, 7) is 8.46. The van der Waals surface area contributed by atoms with Gasteiger partial charge in [-0.2, -0.15) is 5.10 Å². The minimum atomic E-state index is 0.480. The highest BCUT2D eigenvalue weighted by atomic mass is 15.3. The van der Waals surface area contributed by atoms with Crippen LogP contribution in [0, 0.1) is 0 Å². The molecular formula is C15H26N4. The second-order valence-electron chi connectivity index (χ2n) is 5.67. The van der Waals surface area contributed by atoms with Crippen LogP contribution in [0.2, 0.25) is 0 Å². The van der Waals surface area contributed by atoms with Gasteiger partial charge in [0.15, 0.2) is 5.82 Å². The highest BCUT2D eigenvalue weighted by Crippen LogP contribution is 2.24. The van der Waals surface area contributed by atoms with Crippen molar-refractivity contribution in [3.05, 3.63) is 17.8 Å². The molecule has 1 aromatic rings. The number of anilines is 1. The fourth-order valence-electron chi connectivity index (χ4n) is 2.64. The molecule has 0 saturated carbocycles. The van der Waals surface area contributed by atoms with Crippen LogP contribution in [0.3, 0.4) is 0 Å². The molecule has 0 amide bonds. The van der Waals surface area contributed by atoms with Crippen molar-refractivity contribution in [2.24, 2.45) is 0 Å². The summed E-state index contributed by atoms with van der Waals surface area (Å²) in [5, 5.41) is 12.1. The van der Waals surface area contributed by atoms with Gasteiger partial charge < -0.3 is 10.2 Å². The Morgan fingerprint density at radius 3 is 2.79 bits per heavy atom. The van der Waals surface area contributed by atoms with Crippen molar-refractivity contribution in [2.45, 2.75) is 65.1 Å². The number of nitrogens with zero attached hydrogens (tertiary/aromatic N) is 3. The van der Waals surface area contributed by atoms with Crippen molar-refractivity contribution in [3.63, 3.8) is 0 Å². The lowest BCUT2D eigenvalue weighted by Gasteiger charge is -2.35. The Balaban J connectivity index is 2.00.